The summed E-state index contributed by atoms with van der Waals surface area (Å²) in [4.78, 5) is 11.0. The van der Waals surface area contributed by atoms with E-state index in [2.05, 4.69) is 5.43 Å². The van der Waals surface area contributed by atoms with Crippen molar-refractivity contribution in [1.82, 2.24) is 5.43 Å². The van der Waals surface area contributed by atoms with Gasteiger partial charge in [0.15, 0.2) is 0 Å². The Kier molecular flexibility index (Phi) is 1.90. The molecule has 0 fully saturated rings. The predicted octanol–water partition coefficient (Wildman–Crippen LogP) is 0.632. The minimum Gasteiger partial charge on any atom is -0.350 e. The van der Waals surface area contributed by atoms with E-state index in [1.807, 2.05) is 24.3 Å². The van der Waals surface area contributed by atoms with Crippen LogP contribution in [0.4, 0.5) is 10.5 Å². The van der Waals surface area contributed by atoms with Gasteiger partial charge in [-0.15, -0.1) is 0 Å². The van der Waals surface area contributed by atoms with Crippen LogP contribution in [0.1, 0.15) is 5.56 Å². The van der Waals surface area contributed by atoms with Gasteiger partial charge >= 0.3 is 6.03 Å². The van der Waals surface area contributed by atoms with E-state index in [1.165, 1.54) is 5.01 Å². The SMILES string of the molecule is NC(=O)N1NCCc2ccccc21. The fraction of sp³-hybridized carbons (Fsp3) is 0.222. The Hall–Kier alpha value is -1.55. The Balaban J connectivity index is 2.42. The predicted molar refractivity (Wildman–Crippen MR) is 50.2 cm³/mol. The molecule has 0 saturated carbocycles. The summed E-state index contributed by atoms with van der Waals surface area (Å²) >= 11 is 0. The minimum atomic E-state index is -0.466. The average molecular weight is 177 g/mol. The molecule has 0 atom stereocenters. The zero-order chi connectivity index (χ0) is 9.26. The monoisotopic (exact) mass is 177 g/mol. The third kappa shape index (κ3) is 1.36. The van der Waals surface area contributed by atoms with Crippen molar-refractivity contribution in [2.24, 2.45) is 5.73 Å². The largest absolute Gasteiger partial charge is 0.350 e. The van der Waals surface area contributed by atoms with Gasteiger partial charge in [-0.05, 0) is 18.1 Å². The van der Waals surface area contributed by atoms with Gasteiger partial charge in [-0.1, -0.05) is 18.2 Å². The maximum absolute atomic E-state index is 11.0. The van der Waals surface area contributed by atoms with Crippen LogP contribution in [0, 0.1) is 0 Å². The standard InChI is InChI=1S/C9H11N3O/c10-9(13)12-8-4-2-1-3-7(8)5-6-11-12/h1-4,11H,5-6H2,(H2,10,13). The average Bonchev–Trinajstić information content (AvgIpc) is 2.17. The van der Waals surface area contributed by atoms with E-state index in [0.29, 0.717) is 0 Å². The first-order chi connectivity index (χ1) is 6.29. The van der Waals surface area contributed by atoms with E-state index >= 15 is 0 Å². The summed E-state index contributed by atoms with van der Waals surface area (Å²) in [6.07, 6.45) is 0.931. The first-order valence-corrected chi connectivity index (χ1v) is 4.20. The molecule has 4 heteroatoms. The number of primary amides is 1. The van der Waals surface area contributed by atoms with Gasteiger partial charge in [0, 0.05) is 6.54 Å². The lowest BCUT2D eigenvalue weighted by Crippen LogP contribution is -2.49. The smallest absolute Gasteiger partial charge is 0.333 e. The summed E-state index contributed by atoms with van der Waals surface area (Å²) in [5.41, 5.74) is 10.2. The first-order valence-electron chi connectivity index (χ1n) is 4.20. The fourth-order valence-corrected chi connectivity index (χ4v) is 1.52. The van der Waals surface area contributed by atoms with E-state index in [0.717, 1.165) is 24.2 Å². The Morgan fingerprint density at radius 1 is 1.46 bits per heavy atom. The number of nitrogens with two attached hydrogens (primary N) is 1. The summed E-state index contributed by atoms with van der Waals surface area (Å²) in [6, 6.07) is 7.27. The highest BCUT2D eigenvalue weighted by Gasteiger charge is 2.18. The van der Waals surface area contributed by atoms with Crippen molar-refractivity contribution in [2.45, 2.75) is 6.42 Å². The molecular formula is C9H11N3O. The molecule has 1 aliphatic rings. The lowest BCUT2D eigenvalue weighted by atomic mass is 10.1. The van der Waals surface area contributed by atoms with E-state index in [4.69, 9.17) is 5.73 Å². The molecule has 0 unspecified atom stereocenters. The zero-order valence-corrected chi connectivity index (χ0v) is 7.16. The topological polar surface area (TPSA) is 58.4 Å². The Morgan fingerprint density at radius 2 is 2.23 bits per heavy atom. The van der Waals surface area contributed by atoms with Gasteiger partial charge in [0.05, 0.1) is 5.69 Å². The molecule has 68 valence electrons. The van der Waals surface area contributed by atoms with Crippen LogP contribution in [0.25, 0.3) is 0 Å². The summed E-state index contributed by atoms with van der Waals surface area (Å²) in [5.74, 6) is 0. The van der Waals surface area contributed by atoms with Crippen molar-refractivity contribution >= 4 is 11.7 Å². The third-order valence-electron chi connectivity index (χ3n) is 2.12. The Morgan fingerprint density at radius 3 is 3.00 bits per heavy atom. The molecular weight excluding hydrogens is 166 g/mol. The number of hydrogen-bond acceptors (Lipinski definition) is 2. The summed E-state index contributed by atoms with van der Waals surface area (Å²) in [7, 11) is 0. The molecule has 0 aliphatic carbocycles. The maximum Gasteiger partial charge on any atom is 0.333 e. The second-order valence-electron chi connectivity index (χ2n) is 2.96. The fourth-order valence-electron chi connectivity index (χ4n) is 1.52. The number of amides is 2. The van der Waals surface area contributed by atoms with Crippen molar-refractivity contribution in [1.29, 1.82) is 0 Å². The van der Waals surface area contributed by atoms with E-state index < -0.39 is 6.03 Å². The van der Waals surface area contributed by atoms with E-state index in [-0.39, 0.29) is 0 Å². The molecule has 1 heterocycles. The van der Waals surface area contributed by atoms with Gasteiger partial charge in [0.2, 0.25) is 0 Å². The van der Waals surface area contributed by atoms with E-state index in [9.17, 15) is 4.79 Å². The highest BCUT2D eigenvalue weighted by molar-refractivity contribution is 5.90. The van der Waals surface area contributed by atoms with Crippen molar-refractivity contribution in [3.05, 3.63) is 29.8 Å². The lowest BCUT2D eigenvalue weighted by molar-refractivity contribution is 0.251. The number of urea groups is 1. The molecule has 1 aromatic carbocycles. The lowest BCUT2D eigenvalue weighted by Gasteiger charge is -2.28. The zero-order valence-electron chi connectivity index (χ0n) is 7.16. The molecule has 1 aromatic rings. The van der Waals surface area contributed by atoms with Crippen LogP contribution >= 0.6 is 0 Å². The van der Waals surface area contributed by atoms with Crippen molar-refractivity contribution in [3.63, 3.8) is 0 Å². The number of nitrogens with one attached hydrogen (secondary N) is 1. The normalized spacial score (nSPS) is 15.2. The summed E-state index contributed by atoms with van der Waals surface area (Å²) in [5, 5.41) is 1.39. The quantitative estimate of drug-likeness (QED) is 0.610. The molecule has 4 nitrogen and oxygen atoms in total. The molecule has 2 amide bonds. The number of carbonyl (C=O) groups is 1. The molecule has 0 radical (unpaired) electrons. The van der Waals surface area contributed by atoms with Gasteiger partial charge in [0.1, 0.15) is 0 Å². The molecule has 1 aliphatic heterocycles. The van der Waals surface area contributed by atoms with Crippen molar-refractivity contribution in [3.8, 4) is 0 Å². The molecule has 0 bridgehead atoms. The first kappa shape index (κ1) is 8.07. The van der Waals surface area contributed by atoms with Gasteiger partial charge in [0.25, 0.3) is 0 Å². The van der Waals surface area contributed by atoms with Crippen molar-refractivity contribution in [2.75, 3.05) is 11.6 Å². The highest BCUT2D eigenvalue weighted by Crippen LogP contribution is 2.21. The highest BCUT2D eigenvalue weighted by atomic mass is 16.2. The van der Waals surface area contributed by atoms with Crippen LogP contribution in [-0.2, 0) is 6.42 Å². The van der Waals surface area contributed by atoms with Gasteiger partial charge in [-0.25, -0.2) is 15.2 Å². The number of rotatable bonds is 0. The second-order valence-corrected chi connectivity index (χ2v) is 2.96. The number of para-hydroxylation sites is 1. The van der Waals surface area contributed by atoms with Crippen LogP contribution in [0.3, 0.4) is 0 Å². The number of carbonyl (C=O) groups excluding carboxylic acids is 1. The van der Waals surface area contributed by atoms with Crippen LogP contribution in [0.5, 0.6) is 0 Å². The van der Waals surface area contributed by atoms with Gasteiger partial charge in [-0.3, -0.25) is 0 Å². The minimum absolute atomic E-state index is 0.466. The molecule has 3 N–H and O–H groups in total. The summed E-state index contributed by atoms with van der Waals surface area (Å²) < 4.78 is 0. The molecule has 0 spiro atoms. The second kappa shape index (κ2) is 3.06. The number of nitrogens with zero attached hydrogens (tertiary/aromatic N) is 1. The van der Waals surface area contributed by atoms with Crippen LogP contribution in [0.2, 0.25) is 0 Å². The van der Waals surface area contributed by atoms with Crippen molar-refractivity contribution < 1.29 is 4.79 Å². The molecule has 2 rings (SSSR count). The summed E-state index contributed by atoms with van der Waals surface area (Å²) in [6.45, 7) is 0.750. The Bertz CT molecular complexity index is 337. The molecule has 0 aromatic heterocycles. The molecule has 0 saturated heterocycles. The maximum atomic E-state index is 11.0. The number of fused-ring (bicyclic) bond motifs is 1. The van der Waals surface area contributed by atoms with Gasteiger partial charge < -0.3 is 5.73 Å². The number of hydrazine groups is 1. The van der Waals surface area contributed by atoms with Crippen LogP contribution in [-0.4, -0.2) is 12.6 Å². The van der Waals surface area contributed by atoms with Crippen LogP contribution < -0.4 is 16.2 Å². The molecule has 13 heavy (non-hydrogen) atoms. The number of anilines is 1. The number of hydrogen-bond donors (Lipinski definition) is 2. The third-order valence-corrected chi connectivity index (χ3v) is 2.12. The van der Waals surface area contributed by atoms with Gasteiger partial charge in [-0.2, -0.15) is 0 Å². The Labute approximate surface area is 76.3 Å². The van der Waals surface area contributed by atoms with Crippen LogP contribution in [0.15, 0.2) is 24.3 Å². The van der Waals surface area contributed by atoms with E-state index in [1.54, 1.807) is 0 Å². The number of benzene rings is 1.